The summed E-state index contributed by atoms with van der Waals surface area (Å²) in [6.07, 6.45) is 2.76. The van der Waals surface area contributed by atoms with Gasteiger partial charge in [0.1, 0.15) is 0 Å². The van der Waals surface area contributed by atoms with Crippen LogP contribution in [0.1, 0.15) is 42.9 Å². The van der Waals surface area contributed by atoms with Gasteiger partial charge in [-0.05, 0) is 36.8 Å². The smallest absolute Gasteiger partial charge is 0.0834 e. The van der Waals surface area contributed by atoms with E-state index in [2.05, 4.69) is 67.6 Å². The van der Waals surface area contributed by atoms with Gasteiger partial charge in [0.25, 0.3) is 0 Å². The zero-order valence-corrected chi connectivity index (χ0v) is 11.3. The molecule has 0 aliphatic carbocycles. The summed E-state index contributed by atoms with van der Waals surface area (Å²) in [7, 11) is 0. The Bertz CT molecular complexity index is 458. The lowest BCUT2D eigenvalue weighted by Crippen LogP contribution is -2.25. The molecule has 0 bridgehead atoms. The van der Waals surface area contributed by atoms with Gasteiger partial charge in [-0.2, -0.15) is 0 Å². The molecule has 0 N–H and O–H groups in total. The molecule has 1 saturated heterocycles. The summed E-state index contributed by atoms with van der Waals surface area (Å²) in [5.41, 5.74) is 2.74. The minimum atomic E-state index is 0.232. The summed E-state index contributed by atoms with van der Waals surface area (Å²) < 4.78 is 6.12. The standard InChI is InChI=1S/C18H20O/c1-14-12-17(15-8-4-2-5-9-15)13-18(19-14)16-10-6-3-7-11-16/h2-11,14,17-18H,12-13H2,1H3/t14-,17+,18+/m1/s1. The van der Waals surface area contributed by atoms with E-state index in [9.17, 15) is 0 Å². The molecular formula is C18H20O. The second-order valence-electron chi connectivity index (χ2n) is 5.43. The van der Waals surface area contributed by atoms with Crippen molar-refractivity contribution in [2.45, 2.75) is 37.9 Å². The first-order valence-electron chi connectivity index (χ1n) is 7.08. The molecule has 3 atom stereocenters. The van der Waals surface area contributed by atoms with Crippen molar-refractivity contribution < 1.29 is 4.74 Å². The van der Waals surface area contributed by atoms with Gasteiger partial charge in [-0.1, -0.05) is 60.7 Å². The Morgan fingerprint density at radius 3 is 2.00 bits per heavy atom. The van der Waals surface area contributed by atoms with Crippen LogP contribution in [0.5, 0.6) is 0 Å². The van der Waals surface area contributed by atoms with E-state index in [4.69, 9.17) is 4.74 Å². The number of hydrogen-bond acceptors (Lipinski definition) is 1. The molecule has 0 unspecified atom stereocenters. The molecule has 0 aromatic heterocycles. The highest BCUT2D eigenvalue weighted by Gasteiger charge is 2.28. The fourth-order valence-electron chi connectivity index (χ4n) is 3.03. The highest BCUT2D eigenvalue weighted by molar-refractivity contribution is 5.23. The molecule has 1 aliphatic rings. The molecule has 98 valence electrons. The van der Waals surface area contributed by atoms with Crippen LogP contribution in [0.4, 0.5) is 0 Å². The maximum absolute atomic E-state index is 6.12. The van der Waals surface area contributed by atoms with Crippen LogP contribution in [0.25, 0.3) is 0 Å². The van der Waals surface area contributed by atoms with Gasteiger partial charge in [0.15, 0.2) is 0 Å². The minimum Gasteiger partial charge on any atom is -0.371 e. The van der Waals surface area contributed by atoms with Gasteiger partial charge in [0, 0.05) is 0 Å². The second-order valence-corrected chi connectivity index (χ2v) is 5.43. The number of ether oxygens (including phenoxy) is 1. The van der Waals surface area contributed by atoms with E-state index in [0.29, 0.717) is 12.0 Å². The molecule has 1 nitrogen and oxygen atoms in total. The van der Waals surface area contributed by atoms with Crippen molar-refractivity contribution in [1.82, 2.24) is 0 Å². The molecule has 19 heavy (non-hydrogen) atoms. The molecule has 1 fully saturated rings. The van der Waals surface area contributed by atoms with E-state index in [-0.39, 0.29) is 6.10 Å². The zero-order chi connectivity index (χ0) is 13.1. The van der Waals surface area contributed by atoms with Crippen LogP contribution in [-0.2, 0) is 4.74 Å². The van der Waals surface area contributed by atoms with E-state index < -0.39 is 0 Å². The van der Waals surface area contributed by atoms with E-state index in [1.807, 2.05) is 0 Å². The van der Waals surface area contributed by atoms with E-state index in [1.165, 1.54) is 11.1 Å². The first kappa shape index (κ1) is 12.4. The normalized spacial score (nSPS) is 27.1. The molecule has 2 aromatic carbocycles. The Balaban J connectivity index is 1.82. The van der Waals surface area contributed by atoms with E-state index in [0.717, 1.165) is 12.8 Å². The Morgan fingerprint density at radius 2 is 1.37 bits per heavy atom. The van der Waals surface area contributed by atoms with Crippen LogP contribution in [-0.4, -0.2) is 6.10 Å². The third kappa shape index (κ3) is 2.87. The molecule has 1 heterocycles. The van der Waals surface area contributed by atoms with Crippen molar-refractivity contribution in [3.05, 3.63) is 71.8 Å². The molecule has 1 heteroatoms. The van der Waals surface area contributed by atoms with E-state index >= 15 is 0 Å². The lowest BCUT2D eigenvalue weighted by atomic mass is 9.84. The van der Waals surface area contributed by atoms with E-state index in [1.54, 1.807) is 0 Å². The zero-order valence-electron chi connectivity index (χ0n) is 11.3. The van der Waals surface area contributed by atoms with Crippen molar-refractivity contribution >= 4 is 0 Å². The average molecular weight is 252 g/mol. The van der Waals surface area contributed by atoms with Gasteiger partial charge in [-0.3, -0.25) is 0 Å². The summed E-state index contributed by atoms with van der Waals surface area (Å²) >= 11 is 0. The Hall–Kier alpha value is -1.60. The largest absolute Gasteiger partial charge is 0.371 e. The summed E-state index contributed by atoms with van der Waals surface area (Å²) in [4.78, 5) is 0. The molecule has 0 spiro atoms. The third-order valence-corrected chi connectivity index (χ3v) is 3.95. The van der Waals surface area contributed by atoms with Crippen molar-refractivity contribution in [3.63, 3.8) is 0 Å². The fourth-order valence-corrected chi connectivity index (χ4v) is 3.03. The number of hydrogen-bond donors (Lipinski definition) is 0. The topological polar surface area (TPSA) is 9.23 Å². The summed E-state index contributed by atoms with van der Waals surface area (Å²) in [5, 5.41) is 0. The molecular weight excluding hydrogens is 232 g/mol. The fraction of sp³-hybridized carbons (Fsp3) is 0.333. The van der Waals surface area contributed by atoms with Crippen molar-refractivity contribution in [3.8, 4) is 0 Å². The van der Waals surface area contributed by atoms with Crippen molar-refractivity contribution in [2.24, 2.45) is 0 Å². The Kier molecular flexibility index (Phi) is 3.65. The highest BCUT2D eigenvalue weighted by atomic mass is 16.5. The summed E-state index contributed by atoms with van der Waals surface area (Å²) in [6, 6.07) is 21.4. The third-order valence-electron chi connectivity index (χ3n) is 3.95. The van der Waals surface area contributed by atoms with Crippen LogP contribution in [0.15, 0.2) is 60.7 Å². The molecule has 3 rings (SSSR count). The predicted molar refractivity (Wildman–Crippen MR) is 78.1 cm³/mol. The van der Waals surface area contributed by atoms with Gasteiger partial charge in [0.05, 0.1) is 12.2 Å². The Morgan fingerprint density at radius 1 is 0.789 bits per heavy atom. The van der Waals surface area contributed by atoms with Gasteiger partial charge in [-0.25, -0.2) is 0 Å². The number of benzene rings is 2. The van der Waals surface area contributed by atoms with Crippen LogP contribution >= 0.6 is 0 Å². The highest BCUT2D eigenvalue weighted by Crippen LogP contribution is 2.39. The summed E-state index contributed by atoms with van der Waals surface area (Å²) in [6.45, 7) is 2.19. The van der Waals surface area contributed by atoms with Crippen LogP contribution in [0, 0.1) is 0 Å². The monoisotopic (exact) mass is 252 g/mol. The quantitative estimate of drug-likeness (QED) is 0.752. The average Bonchev–Trinajstić information content (AvgIpc) is 2.48. The molecule has 0 radical (unpaired) electrons. The van der Waals surface area contributed by atoms with Crippen molar-refractivity contribution in [2.75, 3.05) is 0 Å². The maximum Gasteiger partial charge on any atom is 0.0834 e. The SMILES string of the molecule is C[C@@H]1C[C@H](c2ccccc2)C[C@@H](c2ccccc2)O1. The van der Waals surface area contributed by atoms with Crippen LogP contribution in [0.3, 0.4) is 0 Å². The molecule has 0 amide bonds. The maximum atomic E-state index is 6.12. The molecule has 2 aromatic rings. The molecule has 1 aliphatic heterocycles. The van der Waals surface area contributed by atoms with Gasteiger partial charge < -0.3 is 4.74 Å². The van der Waals surface area contributed by atoms with Crippen LogP contribution < -0.4 is 0 Å². The lowest BCUT2D eigenvalue weighted by molar-refractivity contribution is -0.0500. The number of rotatable bonds is 2. The first-order valence-corrected chi connectivity index (χ1v) is 7.08. The molecule has 0 saturated carbocycles. The Labute approximate surface area is 115 Å². The second kappa shape index (κ2) is 5.58. The van der Waals surface area contributed by atoms with Crippen LogP contribution in [0.2, 0.25) is 0 Å². The lowest BCUT2D eigenvalue weighted by Gasteiger charge is -2.34. The summed E-state index contributed by atoms with van der Waals surface area (Å²) in [5.74, 6) is 0.607. The van der Waals surface area contributed by atoms with Crippen molar-refractivity contribution in [1.29, 1.82) is 0 Å². The van der Waals surface area contributed by atoms with Gasteiger partial charge in [-0.15, -0.1) is 0 Å². The first-order chi connectivity index (χ1) is 9.33. The van der Waals surface area contributed by atoms with Gasteiger partial charge >= 0.3 is 0 Å². The van der Waals surface area contributed by atoms with Gasteiger partial charge in [0.2, 0.25) is 0 Å². The minimum absolute atomic E-state index is 0.232. The predicted octanol–water partition coefficient (Wildman–Crippen LogP) is 4.71.